The van der Waals surface area contributed by atoms with Crippen LogP contribution in [0.25, 0.3) is 0 Å². The first-order valence-electron chi connectivity index (χ1n) is 7.39. The molecule has 0 aromatic heterocycles. The van der Waals surface area contributed by atoms with E-state index in [0.717, 1.165) is 19.3 Å². The number of rotatable bonds is 4. The molecule has 0 radical (unpaired) electrons. The Kier molecular flexibility index (Phi) is 4.40. The molecule has 4 nitrogen and oxygen atoms in total. The van der Waals surface area contributed by atoms with E-state index in [4.69, 9.17) is 5.26 Å². The van der Waals surface area contributed by atoms with Gasteiger partial charge in [-0.25, -0.2) is 8.42 Å². The van der Waals surface area contributed by atoms with Gasteiger partial charge in [-0.15, -0.1) is 0 Å². The Hall–Kier alpha value is -1.38. The van der Waals surface area contributed by atoms with E-state index in [0.29, 0.717) is 24.2 Å². The fourth-order valence-corrected chi connectivity index (χ4v) is 4.82. The van der Waals surface area contributed by atoms with Crippen molar-refractivity contribution in [3.05, 3.63) is 29.3 Å². The van der Waals surface area contributed by atoms with Crippen LogP contribution in [0.2, 0.25) is 0 Å². The van der Waals surface area contributed by atoms with Crippen molar-refractivity contribution in [2.75, 3.05) is 13.1 Å². The number of hydrogen-bond donors (Lipinski definition) is 0. The molecule has 0 aliphatic carbocycles. The third kappa shape index (κ3) is 2.83. The minimum absolute atomic E-state index is 0.105. The zero-order valence-corrected chi connectivity index (χ0v) is 13.7. The number of hydrogen-bond acceptors (Lipinski definition) is 3. The highest BCUT2D eigenvalue weighted by molar-refractivity contribution is 7.89. The van der Waals surface area contributed by atoms with E-state index in [1.165, 1.54) is 6.07 Å². The van der Waals surface area contributed by atoms with Crippen molar-refractivity contribution >= 4 is 10.0 Å². The van der Waals surface area contributed by atoms with Gasteiger partial charge in [0.25, 0.3) is 0 Å². The fourth-order valence-electron chi connectivity index (χ4n) is 3.01. The Bertz CT molecular complexity index is 670. The SMILES string of the molecule is CCC1(CC)CCN(S(=O)(=O)c2cc(C#N)ccc2C)C1. The molecule has 0 unspecified atom stereocenters. The molecule has 1 aromatic carbocycles. The van der Waals surface area contributed by atoms with Gasteiger partial charge in [-0.2, -0.15) is 9.57 Å². The van der Waals surface area contributed by atoms with Crippen LogP contribution in [0.15, 0.2) is 23.1 Å². The monoisotopic (exact) mass is 306 g/mol. The molecule has 0 spiro atoms. The maximum Gasteiger partial charge on any atom is 0.243 e. The largest absolute Gasteiger partial charge is 0.243 e. The van der Waals surface area contributed by atoms with E-state index in [1.807, 2.05) is 6.07 Å². The summed E-state index contributed by atoms with van der Waals surface area (Å²) in [7, 11) is -3.51. The molecular formula is C16H22N2O2S. The highest BCUT2D eigenvalue weighted by atomic mass is 32.2. The van der Waals surface area contributed by atoms with Gasteiger partial charge in [-0.1, -0.05) is 19.9 Å². The van der Waals surface area contributed by atoms with Crippen LogP contribution in [-0.2, 0) is 10.0 Å². The number of sulfonamides is 1. The van der Waals surface area contributed by atoms with Crippen LogP contribution in [0.1, 0.15) is 44.2 Å². The summed E-state index contributed by atoms with van der Waals surface area (Å²) in [5.74, 6) is 0. The second-order valence-electron chi connectivity index (χ2n) is 5.89. The van der Waals surface area contributed by atoms with E-state index in [1.54, 1.807) is 23.4 Å². The molecule has 1 aliphatic rings. The van der Waals surface area contributed by atoms with Gasteiger partial charge in [0, 0.05) is 13.1 Å². The summed E-state index contributed by atoms with van der Waals surface area (Å²) in [5.41, 5.74) is 1.18. The van der Waals surface area contributed by atoms with E-state index < -0.39 is 10.0 Å². The Morgan fingerprint density at radius 1 is 1.33 bits per heavy atom. The van der Waals surface area contributed by atoms with E-state index in [9.17, 15) is 8.42 Å². The van der Waals surface area contributed by atoms with Crippen molar-refractivity contribution in [1.29, 1.82) is 5.26 Å². The van der Waals surface area contributed by atoms with Gasteiger partial charge in [-0.3, -0.25) is 0 Å². The fraction of sp³-hybridized carbons (Fsp3) is 0.562. The summed E-state index contributed by atoms with van der Waals surface area (Å²) in [5, 5.41) is 8.98. The molecule has 1 aliphatic heterocycles. The molecule has 0 atom stereocenters. The highest BCUT2D eigenvalue weighted by Crippen LogP contribution is 2.39. The molecule has 21 heavy (non-hydrogen) atoms. The Labute approximate surface area is 127 Å². The lowest BCUT2D eigenvalue weighted by molar-refractivity contribution is 0.279. The molecular weight excluding hydrogens is 284 g/mol. The van der Waals surface area contributed by atoms with Crippen molar-refractivity contribution in [3.8, 4) is 6.07 Å². The van der Waals surface area contributed by atoms with Crippen molar-refractivity contribution in [2.24, 2.45) is 5.41 Å². The first kappa shape index (κ1) is 16.0. The van der Waals surface area contributed by atoms with E-state index in [2.05, 4.69) is 13.8 Å². The van der Waals surface area contributed by atoms with Crippen LogP contribution >= 0.6 is 0 Å². The molecule has 0 bridgehead atoms. The summed E-state index contributed by atoms with van der Waals surface area (Å²) >= 11 is 0. The molecule has 0 N–H and O–H groups in total. The zero-order valence-electron chi connectivity index (χ0n) is 12.9. The Morgan fingerprint density at radius 2 is 2.00 bits per heavy atom. The first-order valence-corrected chi connectivity index (χ1v) is 8.83. The average molecular weight is 306 g/mol. The van der Waals surface area contributed by atoms with Crippen LogP contribution in [0.3, 0.4) is 0 Å². The maximum absolute atomic E-state index is 12.9. The van der Waals surface area contributed by atoms with Crippen molar-refractivity contribution in [2.45, 2.75) is 44.9 Å². The van der Waals surface area contributed by atoms with E-state index in [-0.39, 0.29) is 10.3 Å². The standard InChI is InChI=1S/C16H22N2O2S/c1-4-16(5-2)8-9-18(12-16)21(19,20)15-10-14(11-17)7-6-13(15)3/h6-7,10H,4-5,8-9,12H2,1-3H3. The zero-order chi connectivity index (χ0) is 15.7. The third-order valence-corrected chi connectivity index (χ3v) is 6.83. The van der Waals surface area contributed by atoms with Gasteiger partial charge in [0.05, 0.1) is 16.5 Å². The smallest absolute Gasteiger partial charge is 0.207 e. The molecule has 1 saturated heterocycles. The lowest BCUT2D eigenvalue weighted by Crippen LogP contribution is -2.32. The second kappa shape index (κ2) is 5.78. The normalized spacial score (nSPS) is 18.6. The molecule has 0 saturated carbocycles. The van der Waals surface area contributed by atoms with Crippen molar-refractivity contribution in [3.63, 3.8) is 0 Å². The Balaban J connectivity index is 2.39. The molecule has 5 heteroatoms. The quantitative estimate of drug-likeness (QED) is 0.859. The second-order valence-corrected chi connectivity index (χ2v) is 7.79. The summed E-state index contributed by atoms with van der Waals surface area (Å²) in [6, 6.07) is 6.86. The van der Waals surface area contributed by atoms with Gasteiger partial charge in [0.15, 0.2) is 0 Å². The van der Waals surface area contributed by atoms with Crippen LogP contribution in [-0.4, -0.2) is 25.8 Å². The summed E-state index contributed by atoms with van der Waals surface area (Å²) in [4.78, 5) is 0.268. The Morgan fingerprint density at radius 3 is 2.52 bits per heavy atom. The maximum atomic E-state index is 12.9. The minimum atomic E-state index is -3.51. The predicted molar refractivity (Wildman–Crippen MR) is 82.3 cm³/mol. The summed E-state index contributed by atoms with van der Waals surface area (Å²) < 4.78 is 27.3. The molecule has 2 rings (SSSR count). The van der Waals surface area contributed by atoms with Crippen LogP contribution < -0.4 is 0 Å². The van der Waals surface area contributed by atoms with Gasteiger partial charge >= 0.3 is 0 Å². The third-order valence-electron chi connectivity index (χ3n) is 4.84. The van der Waals surface area contributed by atoms with Gasteiger partial charge in [0.2, 0.25) is 10.0 Å². The highest BCUT2D eigenvalue weighted by Gasteiger charge is 2.41. The predicted octanol–water partition coefficient (Wildman–Crippen LogP) is 3.07. The van der Waals surface area contributed by atoms with Crippen LogP contribution in [0.5, 0.6) is 0 Å². The number of benzene rings is 1. The minimum Gasteiger partial charge on any atom is -0.207 e. The van der Waals surface area contributed by atoms with Crippen molar-refractivity contribution in [1.82, 2.24) is 4.31 Å². The average Bonchev–Trinajstić information content (AvgIpc) is 2.93. The topological polar surface area (TPSA) is 61.2 Å². The molecule has 1 heterocycles. The molecule has 0 amide bonds. The number of aryl methyl sites for hydroxylation is 1. The lowest BCUT2D eigenvalue weighted by atomic mass is 9.82. The molecule has 1 fully saturated rings. The van der Waals surface area contributed by atoms with Gasteiger partial charge < -0.3 is 0 Å². The van der Waals surface area contributed by atoms with Crippen LogP contribution in [0.4, 0.5) is 0 Å². The van der Waals surface area contributed by atoms with Gasteiger partial charge in [0.1, 0.15) is 0 Å². The van der Waals surface area contributed by atoms with Crippen molar-refractivity contribution < 1.29 is 8.42 Å². The lowest BCUT2D eigenvalue weighted by Gasteiger charge is -2.26. The number of nitriles is 1. The van der Waals surface area contributed by atoms with E-state index >= 15 is 0 Å². The van der Waals surface area contributed by atoms with Gasteiger partial charge in [-0.05, 0) is 49.3 Å². The summed E-state index contributed by atoms with van der Waals surface area (Å²) in [6.07, 6.45) is 2.90. The first-order chi connectivity index (χ1) is 9.88. The van der Waals surface area contributed by atoms with Crippen LogP contribution in [0, 0.1) is 23.7 Å². The number of nitrogens with zero attached hydrogens (tertiary/aromatic N) is 2. The molecule has 114 valence electrons. The molecule has 1 aromatic rings. The summed E-state index contributed by atoms with van der Waals surface area (Å²) in [6.45, 7) is 7.18.